The van der Waals surface area contributed by atoms with E-state index < -0.39 is 0 Å². The molecular weight excluding hydrogens is 433 g/mol. The third-order valence-electron chi connectivity index (χ3n) is 4.05. The van der Waals surface area contributed by atoms with Crippen molar-refractivity contribution in [2.24, 2.45) is 12.0 Å². The van der Waals surface area contributed by atoms with Crippen molar-refractivity contribution >= 4 is 29.9 Å². The molecule has 0 unspecified atom stereocenters. The maximum absolute atomic E-state index is 9.93. The van der Waals surface area contributed by atoms with E-state index in [9.17, 15) is 5.11 Å². The molecular formula is C17H26IN5O2. The molecule has 2 aromatic rings. The minimum Gasteiger partial charge on any atom is -0.508 e. The predicted octanol–water partition coefficient (Wildman–Crippen LogP) is 2.23. The Morgan fingerprint density at radius 3 is 2.52 bits per heavy atom. The van der Waals surface area contributed by atoms with Gasteiger partial charge < -0.3 is 20.5 Å². The molecule has 3 N–H and O–H groups in total. The van der Waals surface area contributed by atoms with Crippen LogP contribution in [-0.2, 0) is 20.1 Å². The van der Waals surface area contributed by atoms with Gasteiger partial charge in [0.1, 0.15) is 11.5 Å². The van der Waals surface area contributed by atoms with Crippen molar-refractivity contribution in [2.75, 3.05) is 14.2 Å². The fraction of sp³-hybridized carbons (Fsp3) is 0.412. The highest BCUT2D eigenvalue weighted by Gasteiger charge is 2.10. The van der Waals surface area contributed by atoms with Crippen LogP contribution in [0.15, 0.2) is 23.2 Å². The largest absolute Gasteiger partial charge is 0.508 e. The van der Waals surface area contributed by atoms with Crippen molar-refractivity contribution in [3.8, 4) is 11.5 Å². The lowest BCUT2D eigenvalue weighted by Gasteiger charge is -2.13. The molecule has 7 nitrogen and oxygen atoms in total. The van der Waals surface area contributed by atoms with Gasteiger partial charge in [-0.15, -0.1) is 24.0 Å². The fourth-order valence-corrected chi connectivity index (χ4v) is 2.48. The molecule has 0 radical (unpaired) electrons. The number of hydrogen-bond donors (Lipinski definition) is 3. The van der Waals surface area contributed by atoms with Crippen LogP contribution in [0.1, 0.15) is 22.5 Å². The second kappa shape index (κ2) is 9.50. The SMILES string of the molecule is CN=C(NCc1cc(OC)ccc1O)NCc1c(C)nn(C)c1C.I. The summed E-state index contributed by atoms with van der Waals surface area (Å²) < 4.78 is 7.05. The highest BCUT2D eigenvalue weighted by atomic mass is 127. The number of halogens is 1. The summed E-state index contributed by atoms with van der Waals surface area (Å²) in [7, 11) is 5.25. The lowest BCUT2D eigenvalue weighted by atomic mass is 10.2. The Balaban J connectivity index is 0.00000312. The quantitative estimate of drug-likeness (QED) is 0.363. The molecule has 0 atom stereocenters. The fourth-order valence-electron chi connectivity index (χ4n) is 2.48. The Labute approximate surface area is 165 Å². The van der Waals surface area contributed by atoms with Crippen molar-refractivity contribution in [3.05, 3.63) is 40.7 Å². The van der Waals surface area contributed by atoms with Gasteiger partial charge in [0.25, 0.3) is 0 Å². The number of aromatic hydroxyl groups is 1. The first-order chi connectivity index (χ1) is 11.5. The minimum absolute atomic E-state index is 0. The molecule has 0 saturated carbocycles. The highest BCUT2D eigenvalue weighted by molar-refractivity contribution is 14.0. The van der Waals surface area contributed by atoms with Gasteiger partial charge in [0.2, 0.25) is 0 Å². The number of rotatable bonds is 5. The van der Waals surface area contributed by atoms with Crippen molar-refractivity contribution in [3.63, 3.8) is 0 Å². The van der Waals surface area contributed by atoms with Gasteiger partial charge in [-0.25, -0.2) is 0 Å². The number of hydrogen-bond acceptors (Lipinski definition) is 4. The van der Waals surface area contributed by atoms with E-state index in [1.165, 1.54) is 0 Å². The average molecular weight is 459 g/mol. The van der Waals surface area contributed by atoms with Gasteiger partial charge >= 0.3 is 0 Å². The lowest BCUT2D eigenvalue weighted by Crippen LogP contribution is -2.36. The molecule has 1 heterocycles. The van der Waals surface area contributed by atoms with Crippen LogP contribution in [0, 0.1) is 13.8 Å². The zero-order chi connectivity index (χ0) is 17.7. The lowest BCUT2D eigenvalue weighted by molar-refractivity contribution is 0.410. The maximum atomic E-state index is 9.93. The van der Waals surface area contributed by atoms with Gasteiger partial charge in [-0.05, 0) is 32.0 Å². The molecule has 0 spiro atoms. The van der Waals surface area contributed by atoms with Crippen LogP contribution in [0.2, 0.25) is 0 Å². The molecule has 0 aliphatic rings. The summed E-state index contributed by atoms with van der Waals surface area (Å²) in [5, 5.41) is 20.8. The molecule has 138 valence electrons. The third kappa shape index (κ3) is 5.25. The zero-order valence-electron chi connectivity index (χ0n) is 15.3. The molecule has 0 aliphatic heterocycles. The van der Waals surface area contributed by atoms with Crippen molar-refractivity contribution < 1.29 is 9.84 Å². The molecule has 1 aromatic heterocycles. The Morgan fingerprint density at radius 2 is 1.96 bits per heavy atom. The number of phenols is 1. The Morgan fingerprint density at radius 1 is 1.28 bits per heavy atom. The van der Waals surface area contributed by atoms with Crippen molar-refractivity contribution in [1.82, 2.24) is 20.4 Å². The number of aromatic nitrogens is 2. The summed E-state index contributed by atoms with van der Waals surface area (Å²) in [4.78, 5) is 4.21. The van der Waals surface area contributed by atoms with Gasteiger partial charge in [0, 0.05) is 44.0 Å². The molecule has 2 rings (SSSR count). The second-order valence-electron chi connectivity index (χ2n) is 5.55. The summed E-state index contributed by atoms with van der Waals surface area (Å²) >= 11 is 0. The topological polar surface area (TPSA) is 83.7 Å². The summed E-state index contributed by atoms with van der Waals surface area (Å²) in [6.07, 6.45) is 0. The van der Waals surface area contributed by atoms with Gasteiger partial charge in [-0.3, -0.25) is 9.67 Å². The Bertz CT molecular complexity index is 743. The van der Waals surface area contributed by atoms with Crippen LogP contribution in [0.5, 0.6) is 11.5 Å². The smallest absolute Gasteiger partial charge is 0.191 e. The van der Waals surface area contributed by atoms with Gasteiger partial charge in [0.05, 0.1) is 12.8 Å². The number of methoxy groups -OCH3 is 1. The van der Waals surface area contributed by atoms with E-state index in [1.807, 2.05) is 25.6 Å². The van der Waals surface area contributed by atoms with E-state index in [-0.39, 0.29) is 29.7 Å². The van der Waals surface area contributed by atoms with Gasteiger partial charge in [-0.2, -0.15) is 5.10 Å². The van der Waals surface area contributed by atoms with E-state index in [0.29, 0.717) is 24.8 Å². The van der Waals surface area contributed by atoms with Crippen LogP contribution in [0.3, 0.4) is 0 Å². The van der Waals surface area contributed by atoms with Crippen LogP contribution < -0.4 is 15.4 Å². The van der Waals surface area contributed by atoms with E-state index in [4.69, 9.17) is 4.74 Å². The molecule has 0 bridgehead atoms. The second-order valence-corrected chi connectivity index (χ2v) is 5.55. The molecule has 0 saturated heterocycles. The minimum atomic E-state index is 0. The Kier molecular flexibility index (Phi) is 8.01. The number of nitrogens with one attached hydrogen (secondary N) is 2. The summed E-state index contributed by atoms with van der Waals surface area (Å²) in [5.41, 5.74) is 4.03. The molecule has 0 amide bonds. The van der Waals surface area contributed by atoms with E-state index in [0.717, 1.165) is 22.5 Å². The first-order valence-corrected chi connectivity index (χ1v) is 7.75. The highest BCUT2D eigenvalue weighted by Crippen LogP contribution is 2.22. The molecule has 1 aromatic carbocycles. The van der Waals surface area contributed by atoms with Crippen molar-refractivity contribution in [1.29, 1.82) is 0 Å². The van der Waals surface area contributed by atoms with E-state index >= 15 is 0 Å². The van der Waals surface area contributed by atoms with Gasteiger partial charge in [-0.1, -0.05) is 0 Å². The maximum Gasteiger partial charge on any atom is 0.191 e. The number of benzene rings is 1. The number of nitrogens with zero attached hydrogens (tertiary/aromatic N) is 3. The van der Waals surface area contributed by atoms with Crippen molar-refractivity contribution in [2.45, 2.75) is 26.9 Å². The molecule has 0 aliphatic carbocycles. The normalized spacial score (nSPS) is 11.0. The monoisotopic (exact) mass is 459 g/mol. The van der Waals surface area contributed by atoms with E-state index in [2.05, 4.69) is 20.7 Å². The average Bonchev–Trinajstić information content (AvgIpc) is 2.82. The van der Waals surface area contributed by atoms with Crippen LogP contribution in [0.4, 0.5) is 0 Å². The molecule has 0 fully saturated rings. The standard InChI is InChI=1S/C17H25N5O2.HI/c1-11-15(12(2)22(4)21-11)10-20-17(18-3)19-9-13-8-14(24-5)6-7-16(13)23;/h6-8,23H,9-10H2,1-5H3,(H2,18,19,20);1H. The predicted molar refractivity (Wildman–Crippen MR) is 110 cm³/mol. The first kappa shape index (κ1) is 21.1. The summed E-state index contributed by atoms with van der Waals surface area (Å²) in [6.45, 7) is 5.11. The van der Waals surface area contributed by atoms with Crippen LogP contribution in [0.25, 0.3) is 0 Å². The number of phenolic OH excluding ortho intramolecular Hbond substituents is 1. The summed E-state index contributed by atoms with van der Waals surface area (Å²) in [5.74, 6) is 1.58. The number of guanidine groups is 1. The number of aryl methyl sites for hydroxylation is 2. The van der Waals surface area contributed by atoms with Crippen LogP contribution in [-0.4, -0.2) is 35.0 Å². The summed E-state index contributed by atoms with van der Waals surface area (Å²) in [6, 6.07) is 5.14. The zero-order valence-corrected chi connectivity index (χ0v) is 17.6. The van der Waals surface area contributed by atoms with Crippen LogP contribution >= 0.6 is 24.0 Å². The first-order valence-electron chi connectivity index (χ1n) is 7.75. The molecule has 25 heavy (non-hydrogen) atoms. The number of aliphatic imine (C=N–C) groups is 1. The third-order valence-corrected chi connectivity index (χ3v) is 4.05. The van der Waals surface area contributed by atoms with E-state index in [1.54, 1.807) is 32.4 Å². The van der Waals surface area contributed by atoms with Gasteiger partial charge in [0.15, 0.2) is 5.96 Å². The molecule has 8 heteroatoms. The Hall–Kier alpha value is -1.97. The number of ether oxygens (including phenoxy) is 1.